The third kappa shape index (κ3) is 33.4. The van der Waals surface area contributed by atoms with Gasteiger partial charge in [-0.15, -0.1) is 11.3 Å². The van der Waals surface area contributed by atoms with Gasteiger partial charge in [0.1, 0.15) is 41.1 Å². The fourth-order valence-corrected chi connectivity index (χ4v) is 6.53. The molecule has 11 heteroatoms. The number of aryl methyl sites for hydroxylation is 1. The summed E-state index contributed by atoms with van der Waals surface area (Å²) in [6.45, 7) is 48.9. The molecule has 2 heterocycles. The van der Waals surface area contributed by atoms with Crippen molar-refractivity contribution in [3.63, 3.8) is 0 Å². The molecule has 10 nitrogen and oxygen atoms in total. The quantitative estimate of drug-likeness (QED) is 0.215. The zero-order valence-corrected chi connectivity index (χ0v) is 48.9. The SMILES string of the molecule is CC(C)(C)C(=O)CC1CCCCC1.CC(C)(C)C(=O)c1ccon1.CC(C)CC(=O)C(C)(C)C.CC(C)CC(=O)C(C)(C)C.CC(C)CC(O)C(=O)C(C)(C)C.Cc1nc(C(=O)C(C)(C)C)cs1. The van der Waals surface area contributed by atoms with Crippen molar-refractivity contribution in [1.29, 1.82) is 0 Å². The van der Waals surface area contributed by atoms with Crippen molar-refractivity contribution >= 4 is 46.0 Å². The Kier molecular flexibility index (Phi) is 31.0. The van der Waals surface area contributed by atoms with Crippen LogP contribution in [-0.2, 0) is 19.2 Å². The summed E-state index contributed by atoms with van der Waals surface area (Å²) < 4.78 is 4.56. The highest BCUT2D eigenvalue weighted by Crippen LogP contribution is 2.30. The highest BCUT2D eigenvalue weighted by Gasteiger charge is 2.29. The van der Waals surface area contributed by atoms with Gasteiger partial charge in [0.2, 0.25) is 0 Å². The molecule has 0 aromatic carbocycles. The Balaban J connectivity index is -0.000000748. The predicted molar refractivity (Wildman–Crippen MR) is 284 cm³/mol. The minimum atomic E-state index is -0.787. The number of nitrogens with zero attached hydrogens (tertiary/aromatic N) is 2. The van der Waals surface area contributed by atoms with Crippen molar-refractivity contribution in [2.45, 2.75) is 237 Å². The molecule has 1 unspecified atom stereocenters. The average molecular weight is 976 g/mol. The molecule has 1 aliphatic rings. The van der Waals surface area contributed by atoms with Crippen molar-refractivity contribution in [2.75, 3.05) is 0 Å². The molecule has 0 radical (unpaired) electrons. The van der Waals surface area contributed by atoms with Gasteiger partial charge in [-0.1, -0.05) is 203 Å². The number of ketones is 6. The summed E-state index contributed by atoms with van der Waals surface area (Å²) in [6.07, 6.45) is 10.0. The number of hydrogen-bond donors (Lipinski definition) is 1. The molecule has 1 atom stereocenters. The maximum absolute atomic E-state index is 11.7. The monoisotopic (exact) mass is 975 g/mol. The second-order valence-electron chi connectivity index (χ2n) is 26.0. The van der Waals surface area contributed by atoms with Crippen LogP contribution in [0.1, 0.15) is 250 Å². The van der Waals surface area contributed by atoms with Crippen LogP contribution < -0.4 is 0 Å². The molecule has 0 spiro atoms. The molecule has 0 saturated heterocycles. The summed E-state index contributed by atoms with van der Waals surface area (Å²) >= 11 is 1.52. The highest BCUT2D eigenvalue weighted by molar-refractivity contribution is 7.09. The fraction of sp³-hybridized carbons (Fsp3) is 0.789. The standard InChI is InChI=1S/C12H22O.C10H20O2.C9H13NOS.2C9H18O.C8H11NO2/c1-12(2,3)11(13)9-10-7-5-4-6-8-10;1-7(2)6-8(11)9(12)10(3,4)5;1-6-10-7(5-12-6)8(11)9(2,3)4;2*1-7(2)6-8(10)9(3,4)5;1-8(2,3)7(10)6-4-5-11-9-6/h10H,4-9H2,1-3H3;7-8,11H,6H2,1-5H3;5H,1-4H3;2*7H,6H2,1-5H3;4-5H,1-3H3. The van der Waals surface area contributed by atoms with E-state index in [1.54, 1.807) is 6.07 Å². The summed E-state index contributed by atoms with van der Waals surface area (Å²) in [5, 5.41) is 15.8. The Hall–Kier alpha value is -3.18. The maximum Gasteiger partial charge on any atom is 0.190 e. The van der Waals surface area contributed by atoms with Gasteiger partial charge in [0, 0.05) is 63.2 Å². The molecule has 0 bridgehead atoms. The molecule has 3 rings (SSSR count). The van der Waals surface area contributed by atoms with Crippen molar-refractivity contribution in [1.82, 2.24) is 10.1 Å². The first-order valence-electron chi connectivity index (χ1n) is 25.1. The van der Waals surface area contributed by atoms with Crippen LogP contribution in [0.4, 0.5) is 0 Å². The zero-order valence-electron chi connectivity index (χ0n) is 48.1. The minimum absolute atomic E-state index is 0.00579. The van der Waals surface area contributed by atoms with Gasteiger partial charge < -0.3 is 9.63 Å². The third-order valence-electron chi connectivity index (χ3n) is 10.5. The summed E-state index contributed by atoms with van der Waals surface area (Å²) in [6, 6.07) is 1.58. The second-order valence-corrected chi connectivity index (χ2v) is 27.0. The van der Waals surface area contributed by atoms with Crippen LogP contribution in [0.3, 0.4) is 0 Å². The second kappa shape index (κ2) is 30.5. The fourth-order valence-electron chi connectivity index (χ4n) is 5.93. The molecule has 1 saturated carbocycles. The number of aliphatic hydroxyl groups excluding tert-OH is 1. The van der Waals surface area contributed by atoms with E-state index >= 15 is 0 Å². The first-order chi connectivity index (χ1) is 30.3. The van der Waals surface area contributed by atoms with Gasteiger partial charge in [-0.3, -0.25) is 28.8 Å². The van der Waals surface area contributed by atoms with Gasteiger partial charge in [0.15, 0.2) is 17.3 Å². The van der Waals surface area contributed by atoms with E-state index in [1.807, 2.05) is 151 Å². The van der Waals surface area contributed by atoms with E-state index < -0.39 is 11.5 Å². The van der Waals surface area contributed by atoms with Crippen LogP contribution in [0.25, 0.3) is 0 Å². The summed E-state index contributed by atoms with van der Waals surface area (Å²) in [5.74, 6) is 3.28. The van der Waals surface area contributed by atoms with Gasteiger partial charge in [0.05, 0.1) is 5.01 Å². The van der Waals surface area contributed by atoms with E-state index in [-0.39, 0.29) is 44.4 Å². The van der Waals surface area contributed by atoms with Crippen LogP contribution in [0.2, 0.25) is 0 Å². The lowest BCUT2D eigenvalue weighted by atomic mass is 9.80. The largest absolute Gasteiger partial charge is 0.385 e. The topological polar surface area (TPSA) is 162 Å². The van der Waals surface area contributed by atoms with E-state index in [1.165, 1.54) is 49.7 Å². The Morgan fingerprint density at radius 3 is 1.25 bits per heavy atom. The van der Waals surface area contributed by atoms with Gasteiger partial charge >= 0.3 is 0 Å². The Morgan fingerprint density at radius 1 is 0.588 bits per heavy atom. The summed E-state index contributed by atoms with van der Waals surface area (Å²) in [5.41, 5.74) is -0.542. The number of thiazole rings is 1. The van der Waals surface area contributed by atoms with E-state index in [9.17, 15) is 33.9 Å². The Morgan fingerprint density at radius 2 is 0.985 bits per heavy atom. The van der Waals surface area contributed by atoms with E-state index in [0.29, 0.717) is 71.7 Å². The Bertz CT molecular complexity index is 1740. The number of rotatable bonds is 11. The molecular weight excluding hydrogens is 873 g/mol. The van der Waals surface area contributed by atoms with E-state index in [4.69, 9.17) is 0 Å². The Labute approximate surface area is 420 Å². The van der Waals surface area contributed by atoms with Crippen molar-refractivity contribution < 1.29 is 38.4 Å². The van der Waals surface area contributed by atoms with Crippen LogP contribution >= 0.6 is 11.3 Å². The van der Waals surface area contributed by atoms with Crippen LogP contribution in [0.15, 0.2) is 22.2 Å². The molecule has 1 fully saturated rings. The average Bonchev–Trinajstić information content (AvgIpc) is 3.85. The first kappa shape index (κ1) is 69.1. The summed E-state index contributed by atoms with van der Waals surface area (Å²) in [7, 11) is 0. The molecule has 2 aromatic rings. The summed E-state index contributed by atoms with van der Waals surface area (Å²) in [4.78, 5) is 72.9. The number of Topliss-reactive ketones (excluding diaryl/α,β-unsaturated/α-hetero) is 6. The molecule has 0 aliphatic heterocycles. The predicted octanol–water partition coefficient (Wildman–Crippen LogP) is 15.5. The van der Waals surface area contributed by atoms with Gasteiger partial charge in [0.25, 0.3) is 0 Å². The third-order valence-corrected chi connectivity index (χ3v) is 11.3. The number of hydrogen-bond acceptors (Lipinski definition) is 11. The number of carbonyl (C=O) groups excluding carboxylic acids is 6. The minimum Gasteiger partial charge on any atom is -0.385 e. The van der Waals surface area contributed by atoms with Crippen molar-refractivity contribution in [2.24, 2.45) is 56.2 Å². The number of aromatic nitrogens is 2. The van der Waals surface area contributed by atoms with Crippen LogP contribution in [0.5, 0.6) is 0 Å². The normalized spacial score (nSPS) is 14.0. The van der Waals surface area contributed by atoms with Gasteiger partial charge in [-0.25, -0.2) is 4.98 Å². The molecule has 2 aromatic heterocycles. The van der Waals surface area contributed by atoms with Crippen LogP contribution in [-0.4, -0.2) is 56.1 Å². The lowest BCUT2D eigenvalue weighted by Gasteiger charge is -2.24. The molecule has 1 N–H and O–H groups in total. The lowest BCUT2D eigenvalue weighted by Crippen LogP contribution is -2.33. The van der Waals surface area contributed by atoms with E-state index in [2.05, 4.69) is 42.4 Å². The number of aliphatic hydroxyl groups is 1. The molecule has 0 amide bonds. The van der Waals surface area contributed by atoms with Crippen molar-refractivity contribution in [3.05, 3.63) is 34.1 Å². The smallest absolute Gasteiger partial charge is 0.190 e. The first-order valence-corrected chi connectivity index (χ1v) is 26.0. The molecule has 394 valence electrons. The highest BCUT2D eigenvalue weighted by atomic mass is 32.1. The van der Waals surface area contributed by atoms with E-state index in [0.717, 1.165) is 11.4 Å². The van der Waals surface area contributed by atoms with Gasteiger partial charge in [-0.2, -0.15) is 0 Å². The van der Waals surface area contributed by atoms with Gasteiger partial charge in [-0.05, 0) is 37.0 Å². The molecular formula is C57H102N2O8S. The lowest BCUT2D eigenvalue weighted by molar-refractivity contribution is -0.135. The van der Waals surface area contributed by atoms with Crippen LogP contribution in [0, 0.1) is 63.1 Å². The molecule has 1 aliphatic carbocycles. The zero-order chi connectivity index (χ0) is 54.4. The molecule has 68 heavy (non-hydrogen) atoms. The van der Waals surface area contributed by atoms with Crippen molar-refractivity contribution in [3.8, 4) is 0 Å². The maximum atomic E-state index is 11.7. The number of carbonyl (C=O) groups is 6.